The lowest BCUT2D eigenvalue weighted by molar-refractivity contribution is -0.384. The van der Waals surface area contributed by atoms with E-state index in [1.165, 1.54) is 5.56 Å². The number of nitrogens with zero attached hydrogens (tertiary/aromatic N) is 1. The van der Waals surface area contributed by atoms with Crippen LogP contribution in [0.2, 0.25) is 0 Å². The second-order valence-electron chi connectivity index (χ2n) is 3.89. The van der Waals surface area contributed by atoms with Gasteiger partial charge in [-0.2, -0.15) is 0 Å². The normalized spacial score (nSPS) is 19.1. The molecular formula is C11H14N2O2. The molecule has 1 aliphatic rings. The predicted octanol–water partition coefficient (Wildman–Crippen LogP) is 2.73. The molecule has 0 amide bonds. The highest BCUT2D eigenvalue weighted by Crippen LogP contribution is 2.29. The molecule has 1 unspecified atom stereocenters. The third-order valence-electron chi connectivity index (χ3n) is 2.92. The number of non-ortho nitro benzene ring substituents is 1. The number of anilines is 1. The highest BCUT2D eigenvalue weighted by Gasteiger charge is 2.18. The van der Waals surface area contributed by atoms with Crippen molar-refractivity contribution in [2.24, 2.45) is 0 Å². The molecule has 1 aromatic rings. The second-order valence-corrected chi connectivity index (χ2v) is 3.89. The van der Waals surface area contributed by atoms with Crippen LogP contribution in [0.4, 0.5) is 11.4 Å². The summed E-state index contributed by atoms with van der Waals surface area (Å²) in [5, 5.41) is 14.0. The molecule has 4 heteroatoms. The van der Waals surface area contributed by atoms with Crippen LogP contribution in [0.1, 0.15) is 25.3 Å². The van der Waals surface area contributed by atoms with E-state index in [2.05, 4.69) is 12.2 Å². The van der Waals surface area contributed by atoms with E-state index in [0.29, 0.717) is 6.04 Å². The maximum atomic E-state index is 10.6. The Morgan fingerprint density at radius 2 is 2.40 bits per heavy atom. The van der Waals surface area contributed by atoms with Crippen molar-refractivity contribution < 1.29 is 4.92 Å². The SMILES string of the molecule is CCC1CCc2ccc([N+](=O)[O-])cc2N1. The summed E-state index contributed by atoms with van der Waals surface area (Å²) in [4.78, 5) is 10.3. The van der Waals surface area contributed by atoms with Crippen LogP contribution in [0.5, 0.6) is 0 Å². The topological polar surface area (TPSA) is 55.2 Å². The highest BCUT2D eigenvalue weighted by molar-refractivity contribution is 5.59. The quantitative estimate of drug-likeness (QED) is 0.598. The van der Waals surface area contributed by atoms with Gasteiger partial charge in [-0.3, -0.25) is 10.1 Å². The van der Waals surface area contributed by atoms with Crippen LogP contribution in [-0.4, -0.2) is 11.0 Å². The lowest BCUT2D eigenvalue weighted by Crippen LogP contribution is -2.24. The number of rotatable bonds is 2. The number of nitrogens with one attached hydrogen (secondary N) is 1. The van der Waals surface area contributed by atoms with Gasteiger partial charge in [-0.25, -0.2) is 0 Å². The number of nitro benzene ring substituents is 1. The van der Waals surface area contributed by atoms with Gasteiger partial charge in [0.1, 0.15) is 0 Å². The smallest absolute Gasteiger partial charge is 0.271 e. The van der Waals surface area contributed by atoms with Crippen LogP contribution in [-0.2, 0) is 6.42 Å². The van der Waals surface area contributed by atoms with Crippen molar-refractivity contribution in [1.82, 2.24) is 0 Å². The summed E-state index contributed by atoms with van der Waals surface area (Å²) in [7, 11) is 0. The van der Waals surface area contributed by atoms with Crippen LogP contribution in [0.25, 0.3) is 0 Å². The molecule has 1 aromatic carbocycles. The predicted molar refractivity (Wildman–Crippen MR) is 59.1 cm³/mol. The summed E-state index contributed by atoms with van der Waals surface area (Å²) >= 11 is 0. The summed E-state index contributed by atoms with van der Waals surface area (Å²) in [6.45, 7) is 2.13. The first-order chi connectivity index (χ1) is 7.20. The molecule has 0 bridgehead atoms. The van der Waals surface area contributed by atoms with Crippen molar-refractivity contribution in [3.8, 4) is 0 Å². The minimum atomic E-state index is -0.350. The van der Waals surface area contributed by atoms with Gasteiger partial charge < -0.3 is 5.32 Å². The Morgan fingerprint density at radius 1 is 1.60 bits per heavy atom. The average molecular weight is 206 g/mol. The largest absolute Gasteiger partial charge is 0.382 e. The summed E-state index contributed by atoms with van der Waals surface area (Å²) < 4.78 is 0. The Kier molecular flexibility index (Phi) is 2.58. The van der Waals surface area contributed by atoms with E-state index in [1.54, 1.807) is 12.1 Å². The molecule has 1 aliphatic heterocycles. The summed E-state index contributed by atoms with van der Waals surface area (Å²) in [5.41, 5.74) is 2.28. The zero-order chi connectivity index (χ0) is 10.8. The molecule has 0 radical (unpaired) electrons. The third-order valence-corrected chi connectivity index (χ3v) is 2.92. The zero-order valence-corrected chi connectivity index (χ0v) is 8.69. The molecule has 0 spiro atoms. The minimum Gasteiger partial charge on any atom is -0.382 e. The molecule has 1 heterocycles. The van der Waals surface area contributed by atoms with Crippen molar-refractivity contribution in [3.05, 3.63) is 33.9 Å². The van der Waals surface area contributed by atoms with Crippen LogP contribution in [0.15, 0.2) is 18.2 Å². The molecule has 0 aliphatic carbocycles. The fourth-order valence-corrected chi connectivity index (χ4v) is 1.96. The zero-order valence-electron chi connectivity index (χ0n) is 8.69. The number of nitro groups is 1. The van der Waals surface area contributed by atoms with E-state index < -0.39 is 0 Å². The Morgan fingerprint density at radius 3 is 3.07 bits per heavy atom. The Bertz CT molecular complexity index is 390. The lowest BCUT2D eigenvalue weighted by Gasteiger charge is -2.25. The standard InChI is InChI=1S/C11H14N2O2/c1-2-9-5-3-8-4-6-10(13(14)15)7-11(8)12-9/h4,6-7,9,12H,2-3,5H2,1H3. The van der Waals surface area contributed by atoms with E-state index in [9.17, 15) is 10.1 Å². The van der Waals surface area contributed by atoms with E-state index in [4.69, 9.17) is 0 Å². The molecular weight excluding hydrogens is 192 g/mol. The molecule has 15 heavy (non-hydrogen) atoms. The first kappa shape index (κ1) is 9.96. The maximum Gasteiger partial charge on any atom is 0.271 e. The van der Waals surface area contributed by atoms with Gasteiger partial charge in [-0.05, 0) is 24.8 Å². The molecule has 4 nitrogen and oxygen atoms in total. The third kappa shape index (κ3) is 1.93. The summed E-state index contributed by atoms with van der Waals surface area (Å²) in [5.74, 6) is 0. The Hall–Kier alpha value is -1.58. The van der Waals surface area contributed by atoms with E-state index in [0.717, 1.165) is 24.9 Å². The molecule has 0 saturated heterocycles. The average Bonchev–Trinajstić information content (AvgIpc) is 2.27. The number of hydrogen-bond donors (Lipinski definition) is 1. The lowest BCUT2D eigenvalue weighted by atomic mass is 9.96. The van der Waals surface area contributed by atoms with Crippen molar-refractivity contribution in [3.63, 3.8) is 0 Å². The maximum absolute atomic E-state index is 10.6. The van der Waals surface area contributed by atoms with Crippen LogP contribution in [0, 0.1) is 10.1 Å². The molecule has 0 saturated carbocycles. The fraction of sp³-hybridized carbons (Fsp3) is 0.455. The van der Waals surface area contributed by atoms with Crippen LogP contribution >= 0.6 is 0 Å². The molecule has 1 atom stereocenters. The van der Waals surface area contributed by atoms with Gasteiger partial charge in [0.05, 0.1) is 4.92 Å². The summed E-state index contributed by atoms with van der Waals surface area (Å²) in [6.07, 6.45) is 3.18. The Balaban J connectivity index is 2.30. The van der Waals surface area contributed by atoms with Gasteiger partial charge in [0.25, 0.3) is 5.69 Å². The van der Waals surface area contributed by atoms with Crippen molar-refractivity contribution in [2.75, 3.05) is 5.32 Å². The Labute approximate surface area is 88.5 Å². The van der Waals surface area contributed by atoms with Crippen molar-refractivity contribution >= 4 is 11.4 Å². The van der Waals surface area contributed by atoms with Crippen LogP contribution in [0.3, 0.4) is 0 Å². The first-order valence-electron chi connectivity index (χ1n) is 5.24. The first-order valence-corrected chi connectivity index (χ1v) is 5.24. The fourth-order valence-electron chi connectivity index (χ4n) is 1.96. The number of hydrogen-bond acceptors (Lipinski definition) is 3. The van der Waals surface area contributed by atoms with Gasteiger partial charge in [-0.1, -0.05) is 13.0 Å². The number of aryl methyl sites for hydroxylation is 1. The summed E-state index contributed by atoms with van der Waals surface area (Å²) in [6, 6.07) is 5.52. The molecule has 0 fully saturated rings. The molecule has 80 valence electrons. The van der Waals surface area contributed by atoms with Gasteiger partial charge in [0.2, 0.25) is 0 Å². The monoisotopic (exact) mass is 206 g/mol. The van der Waals surface area contributed by atoms with Gasteiger partial charge in [-0.15, -0.1) is 0 Å². The molecule has 1 N–H and O–H groups in total. The van der Waals surface area contributed by atoms with E-state index >= 15 is 0 Å². The van der Waals surface area contributed by atoms with Gasteiger partial charge >= 0.3 is 0 Å². The van der Waals surface area contributed by atoms with Crippen LogP contribution < -0.4 is 5.32 Å². The van der Waals surface area contributed by atoms with Crippen molar-refractivity contribution in [2.45, 2.75) is 32.2 Å². The van der Waals surface area contributed by atoms with Crippen molar-refractivity contribution in [1.29, 1.82) is 0 Å². The van der Waals surface area contributed by atoms with E-state index in [-0.39, 0.29) is 10.6 Å². The number of benzene rings is 1. The molecule has 0 aromatic heterocycles. The molecule has 2 rings (SSSR count). The highest BCUT2D eigenvalue weighted by atomic mass is 16.6. The minimum absolute atomic E-state index is 0.165. The number of fused-ring (bicyclic) bond motifs is 1. The van der Waals surface area contributed by atoms with Gasteiger partial charge in [0.15, 0.2) is 0 Å². The van der Waals surface area contributed by atoms with Gasteiger partial charge in [0, 0.05) is 23.9 Å². The van der Waals surface area contributed by atoms with E-state index in [1.807, 2.05) is 6.07 Å². The second kappa shape index (κ2) is 3.88.